The smallest absolute Gasteiger partial charge is 0.256 e. The van der Waals surface area contributed by atoms with Gasteiger partial charge in [0.15, 0.2) is 0 Å². The van der Waals surface area contributed by atoms with Gasteiger partial charge in [-0.05, 0) is 48.4 Å². The van der Waals surface area contributed by atoms with E-state index in [0.717, 1.165) is 22.2 Å². The van der Waals surface area contributed by atoms with Gasteiger partial charge in [-0.25, -0.2) is 4.39 Å². The minimum absolute atomic E-state index is 0.123. The van der Waals surface area contributed by atoms with E-state index < -0.39 is 0 Å². The van der Waals surface area contributed by atoms with Crippen molar-refractivity contribution in [2.75, 3.05) is 13.7 Å². The van der Waals surface area contributed by atoms with Crippen LogP contribution in [0.25, 0.3) is 22.0 Å². The fourth-order valence-corrected chi connectivity index (χ4v) is 4.39. The quantitative estimate of drug-likeness (QED) is 0.410. The Morgan fingerprint density at radius 1 is 1.18 bits per heavy atom. The van der Waals surface area contributed by atoms with Crippen LogP contribution in [0.1, 0.15) is 28.5 Å². The van der Waals surface area contributed by atoms with Crippen LogP contribution < -0.4 is 4.74 Å². The largest absolute Gasteiger partial charge is 0.486 e. The normalized spacial score (nSPS) is 14.0. The van der Waals surface area contributed by atoms with E-state index in [1.807, 2.05) is 38.4 Å². The SMILES string of the molecule is COCC(C)Oc1ccc(-c2ccc(CN3Cc4ncccc4C3=O)c(F)c2)c2cn(C)nc12. The van der Waals surface area contributed by atoms with Crippen molar-refractivity contribution < 1.29 is 18.7 Å². The molecular formula is C26H25FN4O3. The number of pyridine rings is 1. The van der Waals surface area contributed by atoms with E-state index in [0.29, 0.717) is 35.5 Å². The Morgan fingerprint density at radius 3 is 2.79 bits per heavy atom. The Morgan fingerprint density at radius 2 is 2.03 bits per heavy atom. The lowest BCUT2D eigenvalue weighted by Crippen LogP contribution is -2.23. The van der Waals surface area contributed by atoms with Crippen molar-refractivity contribution in [3.8, 4) is 16.9 Å². The highest BCUT2D eigenvalue weighted by atomic mass is 19.1. The van der Waals surface area contributed by atoms with Crippen molar-refractivity contribution in [2.24, 2.45) is 7.05 Å². The van der Waals surface area contributed by atoms with Gasteiger partial charge in [-0.3, -0.25) is 14.5 Å². The average molecular weight is 461 g/mol. The van der Waals surface area contributed by atoms with Crippen LogP contribution in [-0.2, 0) is 24.9 Å². The molecule has 0 saturated carbocycles. The van der Waals surface area contributed by atoms with Gasteiger partial charge in [0.05, 0.1) is 24.4 Å². The van der Waals surface area contributed by atoms with Crippen LogP contribution in [0.5, 0.6) is 5.75 Å². The second-order valence-electron chi connectivity index (χ2n) is 8.53. The second kappa shape index (κ2) is 8.87. The van der Waals surface area contributed by atoms with Crippen LogP contribution in [0.4, 0.5) is 4.39 Å². The number of aryl methyl sites for hydroxylation is 1. The number of carbonyl (C=O) groups excluding carboxylic acids is 1. The van der Waals surface area contributed by atoms with E-state index in [1.54, 1.807) is 41.1 Å². The molecule has 2 aromatic carbocycles. The molecule has 1 unspecified atom stereocenters. The van der Waals surface area contributed by atoms with Gasteiger partial charge in [0.25, 0.3) is 5.91 Å². The topological polar surface area (TPSA) is 69.5 Å². The molecule has 7 nitrogen and oxygen atoms in total. The summed E-state index contributed by atoms with van der Waals surface area (Å²) in [6.07, 6.45) is 3.43. The van der Waals surface area contributed by atoms with Gasteiger partial charge in [-0.2, -0.15) is 5.10 Å². The third-order valence-electron chi connectivity index (χ3n) is 5.96. The predicted octanol–water partition coefficient (Wildman–Crippen LogP) is 4.34. The minimum atomic E-state index is -0.361. The van der Waals surface area contributed by atoms with Gasteiger partial charge >= 0.3 is 0 Å². The van der Waals surface area contributed by atoms with Crippen LogP contribution in [-0.4, -0.2) is 45.4 Å². The molecule has 0 bridgehead atoms. The summed E-state index contributed by atoms with van der Waals surface area (Å²) in [5, 5.41) is 5.42. The first-order valence-corrected chi connectivity index (χ1v) is 11.1. The first-order valence-electron chi connectivity index (χ1n) is 11.1. The highest BCUT2D eigenvalue weighted by molar-refractivity contribution is 5.98. The molecule has 8 heteroatoms. The maximum absolute atomic E-state index is 15.2. The van der Waals surface area contributed by atoms with E-state index in [9.17, 15) is 4.79 Å². The molecule has 5 rings (SSSR count). The van der Waals surface area contributed by atoms with Crippen molar-refractivity contribution in [1.29, 1.82) is 0 Å². The van der Waals surface area contributed by atoms with E-state index in [4.69, 9.17) is 9.47 Å². The molecule has 0 radical (unpaired) electrons. The number of nitrogens with zero attached hydrogens (tertiary/aromatic N) is 4. The highest BCUT2D eigenvalue weighted by Gasteiger charge is 2.28. The van der Waals surface area contributed by atoms with E-state index in [1.165, 1.54) is 6.07 Å². The Balaban J connectivity index is 1.43. The van der Waals surface area contributed by atoms with E-state index in [-0.39, 0.29) is 24.4 Å². The molecule has 1 amide bonds. The summed E-state index contributed by atoms with van der Waals surface area (Å²) in [6.45, 7) is 2.96. The standard InChI is InChI=1S/C26H25FN4O3/c1-16(15-33-3)34-24-9-8-19(21-13-30(2)29-25(21)24)17-6-7-18(22(27)11-17)12-31-14-23-20(26(31)32)5-4-10-28-23/h4-11,13,16H,12,14-15H2,1-3H3. The van der Waals surface area contributed by atoms with E-state index in [2.05, 4.69) is 10.1 Å². The van der Waals surface area contributed by atoms with Crippen molar-refractivity contribution in [3.05, 3.63) is 77.5 Å². The van der Waals surface area contributed by atoms with Gasteiger partial charge in [0.1, 0.15) is 23.2 Å². The monoisotopic (exact) mass is 460 g/mol. The van der Waals surface area contributed by atoms with Crippen LogP contribution in [0, 0.1) is 5.82 Å². The van der Waals surface area contributed by atoms with Crippen molar-refractivity contribution in [3.63, 3.8) is 0 Å². The first-order chi connectivity index (χ1) is 16.4. The minimum Gasteiger partial charge on any atom is -0.486 e. The molecule has 2 aromatic heterocycles. The molecule has 0 fully saturated rings. The maximum Gasteiger partial charge on any atom is 0.256 e. The fraction of sp³-hybridized carbons (Fsp3) is 0.269. The van der Waals surface area contributed by atoms with Gasteiger partial charge in [0.2, 0.25) is 0 Å². The van der Waals surface area contributed by atoms with Gasteiger partial charge in [0, 0.05) is 44.0 Å². The number of benzene rings is 2. The molecule has 0 spiro atoms. The molecule has 4 aromatic rings. The Hall–Kier alpha value is -3.78. The fourth-order valence-electron chi connectivity index (χ4n) is 4.39. The Kier molecular flexibility index (Phi) is 5.75. The summed E-state index contributed by atoms with van der Waals surface area (Å²) in [6, 6.07) is 12.4. The Labute approximate surface area is 196 Å². The third-order valence-corrected chi connectivity index (χ3v) is 5.96. The van der Waals surface area contributed by atoms with Crippen LogP contribution in [0.15, 0.2) is 54.9 Å². The number of hydrogen-bond acceptors (Lipinski definition) is 5. The van der Waals surface area contributed by atoms with Gasteiger partial charge in [-0.1, -0.05) is 12.1 Å². The number of hydrogen-bond donors (Lipinski definition) is 0. The number of halogens is 1. The summed E-state index contributed by atoms with van der Waals surface area (Å²) >= 11 is 0. The molecule has 1 aliphatic heterocycles. The molecule has 0 saturated heterocycles. The maximum atomic E-state index is 15.2. The number of aromatic nitrogens is 3. The zero-order chi connectivity index (χ0) is 23.8. The summed E-state index contributed by atoms with van der Waals surface area (Å²) in [5.74, 6) is 0.170. The zero-order valence-electron chi connectivity index (χ0n) is 19.3. The summed E-state index contributed by atoms with van der Waals surface area (Å²) in [7, 11) is 3.47. The van der Waals surface area contributed by atoms with Crippen molar-refractivity contribution >= 4 is 16.8 Å². The third kappa shape index (κ3) is 4.01. The molecule has 3 heterocycles. The van der Waals surface area contributed by atoms with Gasteiger partial charge < -0.3 is 14.4 Å². The number of rotatable bonds is 7. The van der Waals surface area contributed by atoms with Crippen LogP contribution in [0.2, 0.25) is 0 Å². The molecule has 1 aliphatic rings. The van der Waals surface area contributed by atoms with Gasteiger partial charge in [-0.15, -0.1) is 0 Å². The highest BCUT2D eigenvalue weighted by Crippen LogP contribution is 2.35. The Bertz CT molecular complexity index is 1380. The van der Waals surface area contributed by atoms with Crippen LogP contribution in [0.3, 0.4) is 0 Å². The summed E-state index contributed by atoms with van der Waals surface area (Å²) in [5.41, 5.74) is 4.06. The molecule has 0 aliphatic carbocycles. The van der Waals surface area contributed by atoms with Crippen molar-refractivity contribution in [1.82, 2.24) is 19.7 Å². The molecule has 1 atom stereocenters. The van der Waals surface area contributed by atoms with Crippen LogP contribution >= 0.6 is 0 Å². The number of carbonyl (C=O) groups is 1. The number of amides is 1. The van der Waals surface area contributed by atoms with E-state index >= 15 is 4.39 Å². The number of fused-ring (bicyclic) bond motifs is 2. The lowest BCUT2D eigenvalue weighted by molar-refractivity contribution is 0.0765. The molecule has 174 valence electrons. The predicted molar refractivity (Wildman–Crippen MR) is 126 cm³/mol. The zero-order valence-corrected chi connectivity index (χ0v) is 19.3. The lowest BCUT2D eigenvalue weighted by Gasteiger charge is -2.17. The van der Waals surface area contributed by atoms with Crippen molar-refractivity contribution in [2.45, 2.75) is 26.1 Å². The lowest BCUT2D eigenvalue weighted by atomic mass is 9.99. The molecule has 34 heavy (non-hydrogen) atoms. The number of ether oxygens (including phenoxy) is 2. The summed E-state index contributed by atoms with van der Waals surface area (Å²) in [4.78, 5) is 18.5. The molecule has 0 N–H and O–H groups in total. The first kappa shape index (κ1) is 22.0. The summed E-state index contributed by atoms with van der Waals surface area (Å²) < 4.78 is 28.1. The average Bonchev–Trinajstić information content (AvgIpc) is 3.36. The second-order valence-corrected chi connectivity index (χ2v) is 8.53. The molecular weight excluding hydrogens is 435 g/mol. The number of methoxy groups -OCH3 is 1.